The van der Waals surface area contributed by atoms with E-state index in [0.717, 1.165) is 56.2 Å². The van der Waals surface area contributed by atoms with Crippen molar-refractivity contribution >= 4 is 51.1 Å². The van der Waals surface area contributed by atoms with E-state index in [1.165, 1.54) is 11.8 Å². The number of rotatable bonds is 7. The van der Waals surface area contributed by atoms with Crippen LogP contribution in [0.2, 0.25) is 0 Å². The van der Waals surface area contributed by atoms with Crippen LogP contribution in [-0.4, -0.2) is 44.8 Å². The first-order valence-electron chi connectivity index (χ1n) is 13.2. The molecule has 0 saturated carbocycles. The lowest BCUT2D eigenvalue weighted by Crippen LogP contribution is -2.29. The van der Waals surface area contributed by atoms with Gasteiger partial charge in [-0.2, -0.15) is 5.10 Å². The van der Waals surface area contributed by atoms with Gasteiger partial charge in [-0.3, -0.25) is 14.2 Å². The fourth-order valence-electron chi connectivity index (χ4n) is 4.95. The van der Waals surface area contributed by atoms with Gasteiger partial charge in [-0.1, -0.05) is 57.5 Å². The fourth-order valence-corrected chi connectivity index (χ4v) is 7.12. The molecule has 41 heavy (non-hydrogen) atoms. The van der Waals surface area contributed by atoms with E-state index < -0.39 is 0 Å². The Balaban J connectivity index is 1.31. The summed E-state index contributed by atoms with van der Waals surface area (Å²) >= 11 is 6.29. The van der Waals surface area contributed by atoms with Crippen molar-refractivity contribution in [1.82, 2.24) is 14.6 Å². The Morgan fingerprint density at radius 2 is 1.80 bits per heavy atom. The third kappa shape index (κ3) is 5.73. The molecule has 0 bridgehead atoms. The maximum atomic E-state index is 13.8. The number of hydrogen-bond acceptors (Lipinski definition) is 7. The molecule has 7 nitrogen and oxygen atoms in total. The van der Waals surface area contributed by atoms with E-state index in [-0.39, 0.29) is 23.3 Å². The van der Waals surface area contributed by atoms with Crippen molar-refractivity contribution in [2.45, 2.75) is 35.9 Å². The van der Waals surface area contributed by atoms with E-state index in [9.17, 15) is 9.59 Å². The molecule has 3 aromatic carbocycles. The molecule has 6 rings (SSSR count). The molecule has 0 radical (unpaired) electrons. The van der Waals surface area contributed by atoms with Crippen LogP contribution in [0.25, 0.3) is 5.69 Å². The number of benzene rings is 3. The van der Waals surface area contributed by atoms with Gasteiger partial charge in [0.25, 0.3) is 11.5 Å². The number of carbonyl (C=O) groups is 1. The second-order valence-electron chi connectivity index (χ2n) is 9.82. The average molecular weight is 648 g/mol. The third-order valence-corrected chi connectivity index (χ3v) is 9.69. The monoisotopic (exact) mass is 646 g/mol. The molecule has 10 heteroatoms. The average Bonchev–Trinajstić information content (AvgIpc) is 3.65. The van der Waals surface area contributed by atoms with E-state index in [2.05, 4.69) is 40.2 Å². The highest BCUT2D eigenvalue weighted by molar-refractivity contribution is 9.10. The summed E-state index contributed by atoms with van der Waals surface area (Å²) in [5.41, 5.74) is 5.41. The minimum atomic E-state index is -0.223. The molecular formula is C31H27BrN4O3S2. The molecule has 1 unspecified atom stereocenters. The largest absolute Gasteiger partial charge is 0.497 e. The Hall–Kier alpha value is -3.34. The summed E-state index contributed by atoms with van der Waals surface area (Å²) in [6, 6.07) is 23.3. The van der Waals surface area contributed by atoms with Gasteiger partial charge in [0.2, 0.25) is 0 Å². The predicted molar refractivity (Wildman–Crippen MR) is 168 cm³/mol. The standard InChI is InChI=1S/C31H27BrN4O3S2/c1-19-3-5-21(6-4-19)27-17-26(20-7-13-24(39-2)14-8-20)34-36(27)28(37)18-41-31-33-25-15-16-40-29(25)30(38)35(31)23-11-9-22(32)10-12-23/h3-14,27H,15-18H2,1-2H3. The van der Waals surface area contributed by atoms with Crippen molar-refractivity contribution in [1.29, 1.82) is 0 Å². The first-order valence-corrected chi connectivity index (χ1v) is 16.0. The summed E-state index contributed by atoms with van der Waals surface area (Å²) in [6.07, 6.45) is 1.35. The molecule has 1 amide bonds. The quantitative estimate of drug-likeness (QED) is 0.170. The number of methoxy groups -OCH3 is 1. The van der Waals surface area contributed by atoms with Crippen LogP contribution >= 0.6 is 39.5 Å². The molecule has 3 heterocycles. The normalized spacial score (nSPS) is 16.0. The second kappa shape index (κ2) is 11.9. The minimum Gasteiger partial charge on any atom is -0.497 e. The number of amides is 1. The summed E-state index contributed by atoms with van der Waals surface area (Å²) in [4.78, 5) is 32.9. The fraction of sp³-hybridized carbons (Fsp3) is 0.226. The molecule has 0 fully saturated rings. The lowest BCUT2D eigenvalue weighted by molar-refractivity contribution is -0.130. The number of carbonyl (C=O) groups excluding carboxylic acids is 1. The van der Waals surface area contributed by atoms with E-state index in [1.54, 1.807) is 28.4 Å². The maximum absolute atomic E-state index is 13.8. The van der Waals surface area contributed by atoms with Crippen LogP contribution in [-0.2, 0) is 11.2 Å². The first-order chi connectivity index (χ1) is 19.9. The van der Waals surface area contributed by atoms with Gasteiger partial charge in [0, 0.05) is 23.1 Å². The molecule has 1 aromatic heterocycles. The molecule has 1 atom stereocenters. The number of fused-ring (bicyclic) bond motifs is 1. The molecule has 4 aromatic rings. The van der Waals surface area contributed by atoms with E-state index in [1.807, 2.05) is 55.5 Å². The number of thioether (sulfide) groups is 2. The summed E-state index contributed by atoms with van der Waals surface area (Å²) in [5.74, 6) is 1.55. The SMILES string of the molecule is COc1ccc(C2=NN(C(=O)CSc3nc4c(c(=O)n3-c3ccc(Br)cc3)SCC4)C(c3ccc(C)cc3)C2)cc1. The maximum Gasteiger partial charge on any atom is 0.272 e. The number of aryl methyl sites for hydroxylation is 2. The molecule has 0 aliphatic carbocycles. The summed E-state index contributed by atoms with van der Waals surface area (Å²) in [5, 5.41) is 6.93. The number of hydrogen-bond donors (Lipinski definition) is 0. The van der Waals surface area contributed by atoms with Gasteiger partial charge in [-0.15, -0.1) is 11.8 Å². The summed E-state index contributed by atoms with van der Waals surface area (Å²) in [7, 11) is 1.64. The van der Waals surface area contributed by atoms with Crippen molar-refractivity contribution in [3.8, 4) is 11.4 Å². The highest BCUT2D eigenvalue weighted by atomic mass is 79.9. The Labute approximate surface area is 255 Å². The van der Waals surface area contributed by atoms with Gasteiger partial charge < -0.3 is 4.74 Å². The first kappa shape index (κ1) is 27.8. The zero-order valence-electron chi connectivity index (χ0n) is 22.5. The van der Waals surface area contributed by atoms with Crippen LogP contribution in [0, 0.1) is 6.92 Å². The van der Waals surface area contributed by atoms with Crippen molar-refractivity contribution in [3.63, 3.8) is 0 Å². The van der Waals surface area contributed by atoms with Gasteiger partial charge in [0.05, 0.1) is 40.9 Å². The van der Waals surface area contributed by atoms with Crippen LogP contribution in [0.15, 0.2) is 97.2 Å². The predicted octanol–water partition coefficient (Wildman–Crippen LogP) is 6.43. The molecule has 0 saturated heterocycles. The van der Waals surface area contributed by atoms with Gasteiger partial charge >= 0.3 is 0 Å². The molecule has 208 valence electrons. The molecule has 0 N–H and O–H groups in total. The highest BCUT2D eigenvalue weighted by Gasteiger charge is 2.33. The van der Waals surface area contributed by atoms with Gasteiger partial charge in [-0.25, -0.2) is 9.99 Å². The third-order valence-electron chi connectivity index (χ3n) is 7.13. The number of aromatic nitrogens is 2. The Morgan fingerprint density at radius 1 is 1.07 bits per heavy atom. The van der Waals surface area contributed by atoms with Crippen molar-refractivity contribution in [3.05, 3.63) is 110 Å². The molecule has 2 aliphatic heterocycles. The van der Waals surface area contributed by atoms with Gasteiger partial charge in [-0.05, 0) is 66.6 Å². The summed E-state index contributed by atoms with van der Waals surface area (Å²) < 4.78 is 7.85. The van der Waals surface area contributed by atoms with E-state index in [4.69, 9.17) is 14.8 Å². The van der Waals surface area contributed by atoms with Crippen molar-refractivity contribution < 1.29 is 9.53 Å². The number of nitrogens with zero attached hydrogens (tertiary/aromatic N) is 4. The van der Waals surface area contributed by atoms with Crippen molar-refractivity contribution in [2.75, 3.05) is 18.6 Å². The molecule has 0 spiro atoms. The minimum absolute atomic E-state index is 0.0895. The lowest BCUT2D eigenvalue weighted by Gasteiger charge is -2.22. The van der Waals surface area contributed by atoms with Crippen LogP contribution in [0.5, 0.6) is 5.75 Å². The van der Waals surface area contributed by atoms with E-state index in [0.29, 0.717) is 16.5 Å². The zero-order chi connectivity index (χ0) is 28.5. The van der Waals surface area contributed by atoms with Crippen LogP contribution in [0.3, 0.4) is 0 Å². The highest BCUT2D eigenvalue weighted by Crippen LogP contribution is 2.35. The van der Waals surface area contributed by atoms with Crippen LogP contribution in [0.4, 0.5) is 0 Å². The summed E-state index contributed by atoms with van der Waals surface area (Å²) in [6.45, 7) is 2.05. The van der Waals surface area contributed by atoms with Crippen LogP contribution < -0.4 is 10.3 Å². The van der Waals surface area contributed by atoms with Gasteiger partial charge in [0.1, 0.15) is 5.75 Å². The van der Waals surface area contributed by atoms with Gasteiger partial charge in [0.15, 0.2) is 5.16 Å². The second-order valence-corrected chi connectivity index (χ2v) is 12.8. The zero-order valence-corrected chi connectivity index (χ0v) is 25.8. The Kier molecular flexibility index (Phi) is 8.05. The topological polar surface area (TPSA) is 76.8 Å². The smallest absolute Gasteiger partial charge is 0.272 e. The Bertz CT molecular complexity index is 1690. The number of hydrazone groups is 1. The molecule has 2 aliphatic rings. The molecular weight excluding hydrogens is 620 g/mol. The number of ether oxygens (including phenoxy) is 1. The lowest BCUT2D eigenvalue weighted by atomic mass is 9.97. The van der Waals surface area contributed by atoms with Crippen LogP contribution in [0.1, 0.15) is 34.8 Å². The van der Waals surface area contributed by atoms with E-state index >= 15 is 0 Å². The van der Waals surface area contributed by atoms with Crippen molar-refractivity contribution in [2.24, 2.45) is 5.10 Å². The Morgan fingerprint density at radius 3 is 2.51 bits per heavy atom. The number of halogens is 1.